The quantitative estimate of drug-likeness (QED) is 0.624. The van der Waals surface area contributed by atoms with Crippen molar-refractivity contribution in [3.63, 3.8) is 0 Å². The Morgan fingerprint density at radius 2 is 2.20 bits per heavy atom. The molecule has 4 nitrogen and oxygen atoms in total. The smallest absolute Gasteiger partial charge is 0.230 e. The summed E-state index contributed by atoms with van der Waals surface area (Å²) in [5.41, 5.74) is 1.24. The number of hydrogen-bond acceptors (Lipinski definition) is 5. The van der Waals surface area contributed by atoms with Gasteiger partial charge in [-0.15, -0.1) is 11.3 Å². The average Bonchev–Trinajstić information content (AvgIpc) is 3.29. The Balaban J connectivity index is 1.37. The number of carbonyl (C=O) groups is 1. The molecule has 1 amide bonds. The molecule has 0 saturated heterocycles. The first kappa shape index (κ1) is 17.3. The predicted octanol–water partition coefficient (Wildman–Crippen LogP) is 4.34. The predicted molar refractivity (Wildman–Crippen MR) is 104 cm³/mol. The van der Waals surface area contributed by atoms with Gasteiger partial charge >= 0.3 is 0 Å². The second-order valence-corrected chi connectivity index (χ2v) is 9.79. The molecule has 134 valence electrons. The number of thiophene rings is 1. The highest BCUT2D eigenvalue weighted by molar-refractivity contribution is 8.00. The van der Waals surface area contributed by atoms with E-state index in [0.717, 1.165) is 27.1 Å². The van der Waals surface area contributed by atoms with E-state index in [1.807, 2.05) is 0 Å². The van der Waals surface area contributed by atoms with Crippen molar-refractivity contribution in [1.29, 1.82) is 0 Å². The van der Waals surface area contributed by atoms with Gasteiger partial charge in [0.25, 0.3) is 0 Å². The lowest BCUT2D eigenvalue weighted by Crippen LogP contribution is -2.40. The SMILES string of the molecule is Cc1sc2ncnc(SCC(=O)NC(C)C3CC4CCC3C4)c2c1C. The Hall–Kier alpha value is -1.14. The van der Waals surface area contributed by atoms with E-state index in [0.29, 0.717) is 17.7 Å². The minimum absolute atomic E-state index is 0.122. The molecule has 2 bridgehead atoms. The number of nitrogens with zero attached hydrogens (tertiary/aromatic N) is 2. The minimum atomic E-state index is 0.122. The first-order valence-corrected chi connectivity index (χ1v) is 11.0. The maximum absolute atomic E-state index is 12.4. The van der Waals surface area contributed by atoms with Crippen LogP contribution in [-0.4, -0.2) is 27.7 Å². The van der Waals surface area contributed by atoms with E-state index >= 15 is 0 Å². The summed E-state index contributed by atoms with van der Waals surface area (Å²) >= 11 is 3.23. The summed E-state index contributed by atoms with van der Waals surface area (Å²) in [6.45, 7) is 6.40. The van der Waals surface area contributed by atoms with E-state index in [9.17, 15) is 4.79 Å². The van der Waals surface area contributed by atoms with Gasteiger partial charge in [0.05, 0.1) is 5.75 Å². The van der Waals surface area contributed by atoms with Crippen molar-refractivity contribution >= 4 is 39.2 Å². The number of carbonyl (C=O) groups excluding carboxylic acids is 1. The second-order valence-electron chi connectivity index (χ2n) is 7.63. The van der Waals surface area contributed by atoms with Gasteiger partial charge in [-0.2, -0.15) is 0 Å². The molecule has 2 aliphatic carbocycles. The molecule has 1 N–H and O–H groups in total. The van der Waals surface area contributed by atoms with Crippen LogP contribution < -0.4 is 5.32 Å². The Morgan fingerprint density at radius 3 is 2.92 bits per heavy atom. The molecule has 2 fully saturated rings. The number of rotatable bonds is 5. The number of aromatic nitrogens is 2. The van der Waals surface area contributed by atoms with Crippen molar-refractivity contribution < 1.29 is 4.79 Å². The molecule has 2 aromatic heterocycles. The number of fused-ring (bicyclic) bond motifs is 3. The highest BCUT2D eigenvalue weighted by Crippen LogP contribution is 2.49. The van der Waals surface area contributed by atoms with Crippen molar-refractivity contribution in [3.8, 4) is 0 Å². The zero-order chi connectivity index (χ0) is 17.6. The third-order valence-corrected chi connectivity index (χ3v) is 8.20. The molecule has 2 saturated carbocycles. The lowest BCUT2D eigenvalue weighted by Gasteiger charge is -2.28. The van der Waals surface area contributed by atoms with E-state index in [1.165, 1.54) is 47.9 Å². The largest absolute Gasteiger partial charge is 0.353 e. The number of amides is 1. The summed E-state index contributed by atoms with van der Waals surface area (Å²) in [5, 5.41) is 5.28. The van der Waals surface area contributed by atoms with Crippen molar-refractivity contribution in [2.24, 2.45) is 17.8 Å². The van der Waals surface area contributed by atoms with E-state index in [2.05, 4.69) is 36.1 Å². The molecule has 4 atom stereocenters. The van der Waals surface area contributed by atoms with Gasteiger partial charge in [0.1, 0.15) is 16.2 Å². The van der Waals surface area contributed by atoms with Crippen LogP contribution in [0.3, 0.4) is 0 Å². The van der Waals surface area contributed by atoms with Crippen LogP contribution in [0.5, 0.6) is 0 Å². The zero-order valence-corrected chi connectivity index (χ0v) is 16.7. The number of hydrogen-bond donors (Lipinski definition) is 1. The average molecular weight is 376 g/mol. The highest BCUT2D eigenvalue weighted by Gasteiger charge is 2.42. The Kier molecular flexibility index (Phi) is 4.75. The van der Waals surface area contributed by atoms with E-state index in [4.69, 9.17) is 0 Å². The van der Waals surface area contributed by atoms with E-state index < -0.39 is 0 Å². The molecule has 0 spiro atoms. The monoisotopic (exact) mass is 375 g/mol. The first-order chi connectivity index (χ1) is 12.0. The van der Waals surface area contributed by atoms with Crippen molar-refractivity contribution in [3.05, 3.63) is 16.8 Å². The molecule has 4 unspecified atom stereocenters. The topological polar surface area (TPSA) is 54.9 Å². The van der Waals surface area contributed by atoms with Gasteiger partial charge in [0.2, 0.25) is 5.91 Å². The molecular weight excluding hydrogens is 350 g/mol. The Labute approximate surface area is 157 Å². The van der Waals surface area contributed by atoms with E-state index in [-0.39, 0.29) is 5.91 Å². The number of nitrogens with one attached hydrogen (secondary N) is 1. The van der Waals surface area contributed by atoms with Crippen molar-refractivity contribution in [1.82, 2.24) is 15.3 Å². The fourth-order valence-corrected chi connectivity index (χ4v) is 6.63. The summed E-state index contributed by atoms with van der Waals surface area (Å²) < 4.78 is 0. The maximum Gasteiger partial charge on any atom is 0.230 e. The molecule has 25 heavy (non-hydrogen) atoms. The van der Waals surface area contributed by atoms with Crippen LogP contribution in [-0.2, 0) is 4.79 Å². The zero-order valence-electron chi connectivity index (χ0n) is 15.0. The van der Waals surface area contributed by atoms with Gasteiger partial charge in [-0.05, 0) is 63.4 Å². The summed E-state index contributed by atoms with van der Waals surface area (Å²) in [6.07, 6.45) is 7.06. The molecule has 2 aromatic rings. The third kappa shape index (κ3) is 3.31. The molecular formula is C19H25N3OS2. The van der Waals surface area contributed by atoms with Gasteiger partial charge in [0, 0.05) is 16.3 Å². The normalized spacial score (nSPS) is 26.3. The van der Waals surface area contributed by atoms with Gasteiger partial charge in [-0.25, -0.2) is 9.97 Å². The number of thioether (sulfide) groups is 1. The molecule has 4 rings (SSSR count). The number of aryl methyl sites for hydroxylation is 2. The second kappa shape index (κ2) is 6.88. The summed E-state index contributed by atoms with van der Waals surface area (Å²) in [6, 6.07) is 0.291. The lowest BCUT2D eigenvalue weighted by atomic mass is 9.84. The minimum Gasteiger partial charge on any atom is -0.353 e. The molecule has 0 radical (unpaired) electrons. The molecule has 2 aliphatic rings. The van der Waals surface area contributed by atoms with Gasteiger partial charge in [-0.3, -0.25) is 4.79 Å². The van der Waals surface area contributed by atoms with Gasteiger partial charge in [0.15, 0.2) is 0 Å². The molecule has 0 aliphatic heterocycles. The third-order valence-electron chi connectivity index (χ3n) is 6.09. The van der Waals surface area contributed by atoms with Crippen LogP contribution in [0.1, 0.15) is 43.0 Å². The Morgan fingerprint density at radius 1 is 1.36 bits per heavy atom. The standard InChI is InChI=1S/C19H25N3OS2/c1-10-12(3)25-19-17(10)18(20-9-21-19)24-8-16(23)22-11(2)15-7-13-4-5-14(15)6-13/h9,11,13-15H,4-8H2,1-3H3,(H,22,23). The lowest BCUT2D eigenvalue weighted by molar-refractivity contribution is -0.119. The molecule has 6 heteroatoms. The van der Waals surface area contributed by atoms with Gasteiger partial charge < -0.3 is 5.32 Å². The summed E-state index contributed by atoms with van der Waals surface area (Å²) in [4.78, 5) is 23.5. The fourth-order valence-electron chi connectivity index (χ4n) is 4.70. The van der Waals surface area contributed by atoms with E-state index in [1.54, 1.807) is 17.7 Å². The van der Waals surface area contributed by atoms with Crippen LogP contribution in [0.4, 0.5) is 0 Å². The van der Waals surface area contributed by atoms with Crippen LogP contribution in [0.2, 0.25) is 0 Å². The van der Waals surface area contributed by atoms with Gasteiger partial charge in [-0.1, -0.05) is 18.2 Å². The van der Waals surface area contributed by atoms with Crippen LogP contribution in [0.25, 0.3) is 10.2 Å². The molecule has 2 heterocycles. The van der Waals surface area contributed by atoms with Crippen molar-refractivity contribution in [2.75, 3.05) is 5.75 Å². The Bertz CT molecular complexity index is 803. The van der Waals surface area contributed by atoms with Crippen molar-refractivity contribution in [2.45, 2.75) is 57.5 Å². The summed E-state index contributed by atoms with van der Waals surface area (Å²) in [5.74, 6) is 2.98. The van der Waals surface area contributed by atoms with Crippen LogP contribution >= 0.6 is 23.1 Å². The summed E-state index contributed by atoms with van der Waals surface area (Å²) in [7, 11) is 0. The highest BCUT2D eigenvalue weighted by atomic mass is 32.2. The molecule has 0 aromatic carbocycles. The first-order valence-electron chi connectivity index (χ1n) is 9.15. The van der Waals surface area contributed by atoms with Crippen LogP contribution in [0, 0.1) is 31.6 Å². The van der Waals surface area contributed by atoms with Crippen LogP contribution in [0.15, 0.2) is 11.4 Å². The maximum atomic E-state index is 12.4. The fraction of sp³-hybridized carbons (Fsp3) is 0.632.